The Labute approximate surface area is 86.8 Å². The van der Waals surface area contributed by atoms with Gasteiger partial charge in [-0.05, 0) is 18.5 Å². The largest absolute Gasteiger partial charge is 0.410 e. The van der Waals surface area contributed by atoms with Gasteiger partial charge >= 0.3 is 0 Å². The molecular weight excluding hydrogens is 194 g/mol. The molecule has 14 heavy (non-hydrogen) atoms. The Kier molecular flexibility index (Phi) is 3.44. The van der Waals surface area contributed by atoms with Crippen LogP contribution in [-0.4, -0.2) is 24.2 Å². The molecule has 0 saturated heterocycles. The van der Waals surface area contributed by atoms with Gasteiger partial charge in [0, 0.05) is 0 Å². The topological polar surface area (TPSA) is 50.8 Å². The molecule has 0 radical (unpaired) electrons. The van der Waals surface area contributed by atoms with Crippen LogP contribution in [0.15, 0.2) is 6.33 Å². The first-order valence-corrected chi connectivity index (χ1v) is 7.70. The second-order valence-electron chi connectivity index (χ2n) is 4.79. The van der Waals surface area contributed by atoms with Crippen LogP contribution in [0.4, 0.5) is 0 Å². The van der Waals surface area contributed by atoms with Gasteiger partial charge in [-0.1, -0.05) is 20.8 Å². The van der Waals surface area contributed by atoms with Crippen molar-refractivity contribution in [3.8, 4) is 0 Å². The lowest BCUT2D eigenvalue weighted by atomic mass is 9.89. The monoisotopic (exact) mass is 213 g/mol. The van der Waals surface area contributed by atoms with Gasteiger partial charge in [0.05, 0.1) is 0 Å². The maximum absolute atomic E-state index is 5.95. The highest BCUT2D eigenvalue weighted by molar-refractivity contribution is 6.48. The van der Waals surface area contributed by atoms with Crippen molar-refractivity contribution in [2.45, 2.75) is 40.0 Å². The quantitative estimate of drug-likeness (QED) is 0.780. The summed E-state index contributed by atoms with van der Waals surface area (Å²) in [4.78, 5) is 4.17. The molecule has 0 aliphatic carbocycles. The number of aromatic nitrogens is 3. The van der Waals surface area contributed by atoms with E-state index in [0.29, 0.717) is 0 Å². The Hall–Kier alpha value is -0.683. The smallest absolute Gasteiger partial charge is 0.178 e. The van der Waals surface area contributed by atoms with Gasteiger partial charge in [0.15, 0.2) is 14.9 Å². The van der Waals surface area contributed by atoms with Gasteiger partial charge in [-0.2, -0.15) is 5.10 Å². The van der Waals surface area contributed by atoms with Crippen LogP contribution in [0.25, 0.3) is 0 Å². The molecule has 4 nitrogen and oxygen atoms in total. The molecule has 0 spiro atoms. The molecule has 0 bridgehead atoms. The minimum Gasteiger partial charge on any atom is -0.410 e. The number of nitrogens with one attached hydrogen (secondary N) is 1. The second kappa shape index (κ2) is 4.23. The highest BCUT2D eigenvalue weighted by atomic mass is 28.3. The molecule has 0 aliphatic rings. The fraction of sp³-hybridized carbons (Fsp3) is 0.778. The molecule has 1 aromatic heterocycles. The molecule has 1 rings (SSSR count). The Balaban J connectivity index is 2.83. The average Bonchev–Trinajstić information content (AvgIpc) is 2.49. The predicted molar refractivity (Wildman–Crippen MR) is 58.5 cm³/mol. The van der Waals surface area contributed by atoms with Crippen molar-refractivity contribution < 1.29 is 4.43 Å². The second-order valence-corrected chi connectivity index (χ2v) is 7.16. The van der Waals surface area contributed by atoms with Crippen molar-refractivity contribution in [3.05, 3.63) is 12.2 Å². The molecule has 1 aromatic rings. The number of aromatic amines is 1. The number of hydrogen-bond acceptors (Lipinski definition) is 3. The maximum atomic E-state index is 5.95. The third-order valence-electron chi connectivity index (χ3n) is 1.86. The number of nitrogens with zero attached hydrogens (tertiary/aromatic N) is 2. The summed E-state index contributed by atoms with van der Waals surface area (Å²) in [6.45, 7) is 10.7. The summed E-state index contributed by atoms with van der Waals surface area (Å²) in [5.74, 6) is 0.763. The first-order valence-electron chi connectivity index (χ1n) is 4.92. The van der Waals surface area contributed by atoms with Crippen molar-refractivity contribution in [1.82, 2.24) is 15.2 Å². The third kappa shape index (κ3) is 2.92. The van der Waals surface area contributed by atoms with Gasteiger partial charge in [-0.15, -0.1) is 0 Å². The van der Waals surface area contributed by atoms with E-state index < -0.39 is 9.04 Å². The van der Waals surface area contributed by atoms with Gasteiger partial charge in [0.2, 0.25) is 0 Å². The van der Waals surface area contributed by atoms with Gasteiger partial charge in [-0.3, -0.25) is 5.10 Å². The summed E-state index contributed by atoms with van der Waals surface area (Å²) in [5.41, 5.74) is 0.0411. The Morgan fingerprint density at radius 3 is 2.43 bits per heavy atom. The Bertz CT molecular complexity index is 266. The third-order valence-corrected chi connectivity index (χ3v) is 2.68. The van der Waals surface area contributed by atoms with E-state index in [-0.39, 0.29) is 11.5 Å². The van der Waals surface area contributed by atoms with Crippen LogP contribution in [0.3, 0.4) is 0 Å². The summed E-state index contributed by atoms with van der Waals surface area (Å²) in [6, 6.07) is 0. The average molecular weight is 213 g/mol. The number of hydrogen-bond donors (Lipinski definition) is 1. The highest BCUT2D eigenvalue weighted by Gasteiger charge is 2.30. The standard InChI is InChI=1S/C9H19N3OSi/c1-9(2,3)7(13-14(4)5)8-10-6-11-12-8/h6-7,14H,1-5H3,(H,10,11,12). The van der Waals surface area contributed by atoms with Gasteiger partial charge < -0.3 is 4.43 Å². The first-order chi connectivity index (χ1) is 6.41. The molecular formula is C9H19N3OSi. The van der Waals surface area contributed by atoms with Crippen molar-refractivity contribution >= 4 is 9.04 Å². The fourth-order valence-corrected chi connectivity index (χ4v) is 2.34. The van der Waals surface area contributed by atoms with E-state index in [2.05, 4.69) is 49.0 Å². The van der Waals surface area contributed by atoms with Crippen LogP contribution < -0.4 is 0 Å². The molecule has 0 amide bonds. The van der Waals surface area contributed by atoms with E-state index in [1.54, 1.807) is 6.33 Å². The lowest BCUT2D eigenvalue weighted by Crippen LogP contribution is -2.26. The normalized spacial score (nSPS) is 14.7. The van der Waals surface area contributed by atoms with E-state index in [1.807, 2.05) is 0 Å². The van der Waals surface area contributed by atoms with Crippen molar-refractivity contribution in [2.24, 2.45) is 5.41 Å². The van der Waals surface area contributed by atoms with Crippen LogP contribution in [0, 0.1) is 5.41 Å². The molecule has 80 valence electrons. The van der Waals surface area contributed by atoms with Crippen LogP contribution in [0.2, 0.25) is 13.1 Å². The SMILES string of the molecule is C[SiH](C)OC(c1nc[nH]n1)C(C)(C)C. The molecule has 1 unspecified atom stereocenters. The summed E-state index contributed by atoms with van der Waals surface area (Å²) in [5, 5.41) is 6.83. The number of rotatable bonds is 3. The fourth-order valence-electron chi connectivity index (χ4n) is 1.27. The zero-order valence-electron chi connectivity index (χ0n) is 9.53. The van der Waals surface area contributed by atoms with E-state index in [4.69, 9.17) is 4.43 Å². The van der Waals surface area contributed by atoms with Crippen LogP contribution in [-0.2, 0) is 4.43 Å². The van der Waals surface area contributed by atoms with Gasteiger partial charge in [0.25, 0.3) is 0 Å². The molecule has 0 aromatic carbocycles. The molecule has 5 heteroatoms. The van der Waals surface area contributed by atoms with E-state index in [1.165, 1.54) is 0 Å². The van der Waals surface area contributed by atoms with Crippen LogP contribution in [0.5, 0.6) is 0 Å². The first kappa shape index (κ1) is 11.4. The Morgan fingerprint density at radius 1 is 1.43 bits per heavy atom. The zero-order chi connectivity index (χ0) is 10.8. The van der Waals surface area contributed by atoms with Crippen molar-refractivity contribution in [3.63, 3.8) is 0 Å². The molecule has 1 heterocycles. The summed E-state index contributed by atoms with van der Waals surface area (Å²) in [6.07, 6.45) is 1.60. The summed E-state index contributed by atoms with van der Waals surface area (Å²) >= 11 is 0. The van der Waals surface area contributed by atoms with E-state index in [9.17, 15) is 0 Å². The minimum atomic E-state index is -1.07. The predicted octanol–water partition coefficient (Wildman–Crippen LogP) is 1.89. The van der Waals surface area contributed by atoms with Crippen LogP contribution in [0.1, 0.15) is 32.7 Å². The van der Waals surface area contributed by atoms with Gasteiger partial charge in [0.1, 0.15) is 12.4 Å². The maximum Gasteiger partial charge on any atom is 0.178 e. The molecule has 0 aliphatic heterocycles. The molecule has 1 atom stereocenters. The van der Waals surface area contributed by atoms with Crippen molar-refractivity contribution in [1.29, 1.82) is 0 Å². The van der Waals surface area contributed by atoms with Crippen molar-refractivity contribution in [2.75, 3.05) is 0 Å². The number of H-pyrrole nitrogens is 1. The molecule has 0 fully saturated rings. The minimum absolute atomic E-state index is 0.000386. The van der Waals surface area contributed by atoms with Gasteiger partial charge in [-0.25, -0.2) is 4.98 Å². The molecule has 1 N–H and O–H groups in total. The highest BCUT2D eigenvalue weighted by Crippen LogP contribution is 2.34. The summed E-state index contributed by atoms with van der Waals surface area (Å²) in [7, 11) is -1.07. The van der Waals surface area contributed by atoms with E-state index in [0.717, 1.165) is 5.82 Å². The Morgan fingerprint density at radius 2 is 2.07 bits per heavy atom. The lowest BCUT2D eigenvalue weighted by molar-refractivity contribution is 0.0788. The molecule has 0 saturated carbocycles. The van der Waals surface area contributed by atoms with Crippen LogP contribution >= 0.6 is 0 Å². The van der Waals surface area contributed by atoms with E-state index >= 15 is 0 Å². The lowest BCUT2D eigenvalue weighted by Gasteiger charge is -2.30. The zero-order valence-corrected chi connectivity index (χ0v) is 10.7. The summed E-state index contributed by atoms with van der Waals surface area (Å²) < 4.78 is 5.95.